The number of aromatic nitrogens is 1. The van der Waals surface area contributed by atoms with E-state index in [1.807, 2.05) is 6.07 Å². The molecule has 0 aliphatic rings. The van der Waals surface area contributed by atoms with Crippen molar-refractivity contribution >= 4 is 17.2 Å². The van der Waals surface area contributed by atoms with Gasteiger partial charge in [0.15, 0.2) is 0 Å². The molecule has 0 aliphatic heterocycles. The average Bonchev–Trinajstić information content (AvgIpc) is 2.32. The quantitative estimate of drug-likeness (QED) is 0.845. The topological polar surface area (TPSA) is 38.9 Å². The molecule has 1 aromatic heterocycles. The summed E-state index contributed by atoms with van der Waals surface area (Å²) in [6.45, 7) is 0. The molecule has 1 aromatic carbocycles. The van der Waals surface area contributed by atoms with E-state index in [0.717, 1.165) is 16.8 Å². The van der Waals surface area contributed by atoms with Crippen molar-refractivity contribution in [2.24, 2.45) is 5.73 Å². The first-order valence-corrected chi connectivity index (χ1v) is 5.55. The monoisotopic (exact) mass is 246 g/mol. The minimum atomic E-state index is -0.237. The molecule has 0 spiro atoms. The Bertz CT molecular complexity index is 537. The molecule has 0 unspecified atom stereocenters. The third-order valence-corrected chi connectivity index (χ3v) is 2.64. The van der Waals surface area contributed by atoms with Crippen LogP contribution in [-0.2, 0) is 6.42 Å². The SMILES string of the molecule is NC(=S)c1ccnc(Cc2ccc(F)cc2)c1. The molecule has 1 heterocycles. The Morgan fingerprint density at radius 1 is 1.24 bits per heavy atom. The van der Waals surface area contributed by atoms with Gasteiger partial charge in [-0.25, -0.2) is 4.39 Å². The molecule has 0 atom stereocenters. The van der Waals surface area contributed by atoms with Crippen molar-refractivity contribution < 1.29 is 4.39 Å². The summed E-state index contributed by atoms with van der Waals surface area (Å²) in [4.78, 5) is 4.58. The number of pyridine rings is 1. The van der Waals surface area contributed by atoms with E-state index in [0.29, 0.717) is 11.4 Å². The number of nitrogens with two attached hydrogens (primary N) is 1. The molecule has 0 saturated carbocycles. The molecule has 17 heavy (non-hydrogen) atoms. The second kappa shape index (κ2) is 5.01. The van der Waals surface area contributed by atoms with Crippen LogP contribution >= 0.6 is 12.2 Å². The van der Waals surface area contributed by atoms with Gasteiger partial charge in [0.25, 0.3) is 0 Å². The summed E-state index contributed by atoms with van der Waals surface area (Å²) < 4.78 is 12.7. The first kappa shape index (κ1) is 11.7. The summed E-state index contributed by atoms with van der Waals surface area (Å²) in [5.74, 6) is -0.237. The van der Waals surface area contributed by atoms with Crippen LogP contribution < -0.4 is 5.73 Å². The zero-order valence-electron chi connectivity index (χ0n) is 9.06. The van der Waals surface area contributed by atoms with Gasteiger partial charge < -0.3 is 5.73 Å². The highest BCUT2D eigenvalue weighted by Crippen LogP contribution is 2.10. The van der Waals surface area contributed by atoms with Gasteiger partial charge in [-0.1, -0.05) is 24.4 Å². The Balaban J connectivity index is 2.21. The zero-order valence-corrected chi connectivity index (χ0v) is 9.88. The van der Waals surface area contributed by atoms with Crippen LogP contribution in [0.25, 0.3) is 0 Å². The summed E-state index contributed by atoms with van der Waals surface area (Å²) in [7, 11) is 0. The van der Waals surface area contributed by atoms with Crippen molar-refractivity contribution in [3.8, 4) is 0 Å². The number of halogens is 1. The summed E-state index contributed by atoms with van der Waals surface area (Å²) in [6.07, 6.45) is 2.31. The lowest BCUT2D eigenvalue weighted by atomic mass is 10.1. The number of hydrogen-bond acceptors (Lipinski definition) is 2. The normalized spacial score (nSPS) is 10.2. The van der Waals surface area contributed by atoms with Crippen LogP contribution in [0.3, 0.4) is 0 Å². The van der Waals surface area contributed by atoms with Crippen molar-refractivity contribution in [3.63, 3.8) is 0 Å². The van der Waals surface area contributed by atoms with Crippen LogP contribution in [0.15, 0.2) is 42.6 Å². The van der Waals surface area contributed by atoms with Crippen LogP contribution in [0.1, 0.15) is 16.8 Å². The minimum Gasteiger partial charge on any atom is -0.389 e. The predicted molar refractivity (Wildman–Crippen MR) is 69.3 cm³/mol. The molecule has 0 bridgehead atoms. The number of nitrogens with zero attached hydrogens (tertiary/aromatic N) is 1. The van der Waals surface area contributed by atoms with Crippen molar-refractivity contribution in [1.29, 1.82) is 0 Å². The van der Waals surface area contributed by atoms with Gasteiger partial charge >= 0.3 is 0 Å². The van der Waals surface area contributed by atoms with E-state index in [1.54, 1.807) is 24.4 Å². The van der Waals surface area contributed by atoms with Gasteiger partial charge in [-0.15, -0.1) is 0 Å². The highest BCUT2D eigenvalue weighted by molar-refractivity contribution is 7.80. The summed E-state index contributed by atoms with van der Waals surface area (Å²) in [6, 6.07) is 9.98. The Morgan fingerprint density at radius 2 is 1.94 bits per heavy atom. The van der Waals surface area contributed by atoms with E-state index in [1.165, 1.54) is 12.1 Å². The van der Waals surface area contributed by atoms with Gasteiger partial charge in [-0.05, 0) is 29.8 Å². The number of hydrogen-bond donors (Lipinski definition) is 1. The fourth-order valence-electron chi connectivity index (χ4n) is 1.54. The Hall–Kier alpha value is -1.81. The standard InChI is InChI=1S/C13H11FN2S/c14-11-3-1-9(2-4-11)7-12-8-10(13(15)17)5-6-16-12/h1-6,8H,7H2,(H2,15,17). The molecule has 2 N–H and O–H groups in total. The highest BCUT2D eigenvalue weighted by atomic mass is 32.1. The maximum absolute atomic E-state index is 12.7. The summed E-state index contributed by atoms with van der Waals surface area (Å²) in [5.41, 5.74) is 8.21. The maximum Gasteiger partial charge on any atom is 0.123 e. The first-order valence-electron chi connectivity index (χ1n) is 5.14. The maximum atomic E-state index is 12.7. The fourth-order valence-corrected chi connectivity index (χ4v) is 1.67. The smallest absolute Gasteiger partial charge is 0.123 e. The average molecular weight is 246 g/mol. The lowest BCUT2D eigenvalue weighted by Crippen LogP contribution is -2.10. The summed E-state index contributed by atoms with van der Waals surface area (Å²) in [5, 5.41) is 0. The van der Waals surface area contributed by atoms with Crippen molar-refractivity contribution in [2.75, 3.05) is 0 Å². The molecule has 0 radical (unpaired) electrons. The minimum absolute atomic E-state index is 0.237. The molecular weight excluding hydrogens is 235 g/mol. The number of rotatable bonds is 3. The molecule has 0 aliphatic carbocycles. The number of benzene rings is 1. The van der Waals surface area contributed by atoms with E-state index >= 15 is 0 Å². The lowest BCUT2D eigenvalue weighted by Gasteiger charge is -2.03. The Labute approximate surface area is 104 Å². The van der Waals surface area contributed by atoms with Gasteiger partial charge in [0, 0.05) is 23.9 Å². The fraction of sp³-hybridized carbons (Fsp3) is 0.0769. The molecule has 2 rings (SSSR count). The molecule has 4 heteroatoms. The van der Waals surface area contributed by atoms with E-state index in [-0.39, 0.29) is 5.82 Å². The lowest BCUT2D eigenvalue weighted by molar-refractivity contribution is 0.627. The van der Waals surface area contributed by atoms with E-state index in [2.05, 4.69) is 4.98 Å². The summed E-state index contributed by atoms with van der Waals surface area (Å²) >= 11 is 4.90. The van der Waals surface area contributed by atoms with Gasteiger partial charge in [0.05, 0.1) is 0 Å². The van der Waals surface area contributed by atoms with Gasteiger partial charge in [-0.3, -0.25) is 4.98 Å². The second-order valence-corrected chi connectivity index (χ2v) is 4.14. The van der Waals surface area contributed by atoms with Crippen LogP contribution in [0.2, 0.25) is 0 Å². The molecular formula is C13H11FN2S. The third-order valence-electron chi connectivity index (χ3n) is 2.40. The van der Waals surface area contributed by atoms with E-state index in [4.69, 9.17) is 18.0 Å². The van der Waals surface area contributed by atoms with E-state index < -0.39 is 0 Å². The molecule has 0 saturated heterocycles. The molecule has 0 amide bonds. The van der Waals surface area contributed by atoms with Crippen molar-refractivity contribution in [1.82, 2.24) is 4.98 Å². The largest absolute Gasteiger partial charge is 0.389 e. The number of thiocarbonyl (C=S) groups is 1. The molecule has 2 nitrogen and oxygen atoms in total. The van der Waals surface area contributed by atoms with E-state index in [9.17, 15) is 4.39 Å². The van der Waals surface area contributed by atoms with Crippen LogP contribution in [-0.4, -0.2) is 9.97 Å². The third kappa shape index (κ3) is 3.07. The van der Waals surface area contributed by atoms with Crippen molar-refractivity contribution in [2.45, 2.75) is 6.42 Å². The molecule has 86 valence electrons. The van der Waals surface area contributed by atoms with Crippen LogP contribution in [0, 0.1) is 5.82 Å². The van der Waals surface area contributed by atoms with Crippen LogP contribution in [0.4, 0.5) is 4.39 Å². The Morgan fingerprint density at radius 3 is 2.59 bits per heavy atom. The van der Waals surface area contributed by atoms with Gasteiger partial charge in [-0.2, -0.15) is 0 Å². The molecule has 2 aromatic rings. The zero-order chi connectivity index (χ0) is 12.3. The highest BCUT2D eigenvalue weighted by Gasteiger charge is 2.01. The first-order chi connectivity index (χ1) is 8.15. The van der Waals surface area contributed by atoms with Gasteiger partial charge in [0.2, 0.25) is 0 Å². The van der Waals surface area contributed by atoms with Gasteiger partial charge in [0.1, 0.15) is 10.8 Å². The van der Waals surface area contributed by atoms with Crippen LogP contribution in [0.5, 0.6) is 0 Å². The predicted octanol–water partition coefficient (Wildman–Crippen LogP) is 2.45. The second-order valence-electron chi connectivity index (χ2n) is 3.70. The Kier molecular flexibility index (Phi) is 3.44. The molecule has 0 fully saturated rings. The van der Waals surface area contributed by atoms with Crippen molar-refractivity contribution in [3.05, 3.63) is 65.2 Å².